The SMILES string of the molecule is C=CCOc1cc2c(c(F)c1F)O/C(=C(\F)C(=C)C(C)OCC(C)C=C)C(=C)C2. The standard InChI is InChI=1S/C23H25F3O3/c1-7-9-27-18-11-17-10-14(4)22(29-23(17)21(26)20(18)25)19(24)15(5)16(6)28-12-13(3)8-2/h7-8,11,13,16H,1-2,4-5,9-10,12H2,3,6H3/b22-19-. The Morgan fingerprint density at radius 2 is 1.97 bits per heavy atom. The fourth-order valence-electron chi connectivity index (χ4n) is 2.60. The van der Waals surface area contributed by atoms with E-state index in [1.807, 2.05) is 6.92 Å². The highest BCUT2D eigenvalue weighted by Crippen LogP contribution is 2.41. The fourth-order valence-corrected chi connectivity index (χ4v) is 2.60. The van der Waals surface area contributed by atoms with Crippen LogP contribution in [0.2, 0.25) is 0 Å². The van der Waals surface area contributed by atoms with Gasteiger partial charge in [0.25, 0.3) is 0 Å². The van der Waals surface area contributed by atoms with Crippen molar-refractivity contribution in [2.24, 2.45) is 5.92 Å². The molecule has 0 spiro atoms. The molecule has 0 amide bonds. The zero-order valence-corrected chi connectivity index (χ0v) is 16.7. The lowest BCUT2D eigenvalue weighted by Crippen LogP contribution is -2.19. The molecule has 2 rings (SSSR count). The zero-order chi connectivity index (χ0) is 21.7. The van der Waals surface area contributed by atoms with Crippen molar-refractivity contribution in [3.05, 3.63) is 84.5 Å². The van der Waals surface area contributed by atoms with E-state index in [-0.39, 0.29) is 41.6 Å². The molecule has 2 atom stereocenters. The van der Waals surface area contributed by atoms with Gasteiger partial charge in [-0.25, -0.2) is 4.39 Å². The summed E-state index contributed by atoms with van der Waals surface area (Å²) in [5, 5.41) is 0. The van der Waals surface area contributed by atoms with Gasteiger partial charge in [-0.15, -0.1) is 6.58 Å². The number of hydrogen-bond acceptors (Lipinski definition) is 3. The molecule has 0 fully saturated rings. The van der Waals surface area contributed by atoms with Crippen molar-refractivity contribution >= 4 is 0 Å². The number of fused-ring (bicyclic) bond motifs is 1. The second-order valence-electron chi connectivity index (χ2n) is 6.83. The summed E-state index contributed by atoms with van der Waals surface area (Å²) < 4.78 is 59.8. The molecule has 29 heavy (non-hydrogen) atoms. The zero-order valence-electron chi connectivity index (χ0n) is 16.7. The van der Waals surface area contributed by atoms with Gasteiger partial charge >= 0.3 is 0 Å². The summed E-state index contributed by atoms with van der Waals surface area (Å²) in [6, 6.07) is 1.31. The van der Waals surface area contributed by atoms with Crippen molar-refractivity contribution in [3.63, 3.8) is 0 Å². The number of halogens is 3. The number of benzene rings is 1. The third kappa shape index (κ3) is 5.01. The maximum atomic E-state index is 15.0. The van der Waals surface area contributed by atoms with Gasteiger partial charge < -0.3 is 14.2 Å². The van der Waals surface area contributed by atoms with Crippen LogP contribution in [0.1, 0.15) is 19.4 Å². The van der Waals surface area contributed by atoms with Crippen LogP contribution in [-0.2, 0) is 11.2 Å². The highest BCUT2D eigenvalue weighted by atomic mass is 19.2. The molecule has 1 aliphatic rings. The molecule has 2 unspecified atom stereocenters. The Morgan fingerprint density at radius 1 is 1.28 bits per heavy atom. The largest absolute Gasteiger partial charge is 0.486 e. The summed E-state index contributed by atoms with van der Waals surface area (Å²) >= 11 is 0. The lowest BCUT2D eigenvalue weighted by Gasteiger charge is -2.25. The van der Waals surface area contributed by atoms with Crippen molar-refractivity contribution in [1.82, 2.24) is 0 Å². The van der Waals surface area contributed by atoms with Gasteiger partial charge in [-0.2, -0.15) is 8.78 Å². The van der Waals surface area contributed by atoms with Crippen molar-refractivity contribution in [2.75, 3.05) is 13.2 Å². The van der Waals surface area contributed by atoms with Gasteiger partial charge in [0.05, 0.1) is 12.7 Å². The summed E-state index contributed by atoms with van der Waals surface area (Å²) in [7, 11) is 0. The van der Waals surface area contributed by atoms with E-state index in [9.17, 15) is 8.78 Å². The Kier molecular flexibility index (Phi) is 7.51. The highest BCUT2D eigenvalue weighted by Gasteiger charge is 2.30. The lowest BCUT2D eigenvalue weighted by atomic mass is 9.98. The molecule has 3 nitrogen and oxygen atoms in total. The van der Waals surface area contributed by atoms with E-state index in [1.54, 1.807) is 13.0 Å². The molecule has 0 aliphatic carbocycles. The van der Waals surface area contributed by atoms with Crippen molar-refractivity contribution in [2.45, 2.75) is 26.4 Å². The molecule has 0 saturated heterocycles. The minimum Gasteiger partial charge on any atom is -0.486 e. The minimum atomic E-state index is -1.26. The number of rotatable bonds is 9. The average Bonchev–Trinajstić information content (AvgIpc) is 2.71. The second-order valence-corrected chi connectivity index (χ2v) is 6.83. The van der Waals surface area contributed by atoms with E-state index in [2.05, 4.69) is 26.3 Å². The van der Waals surface area contributed by atoms with E-state index in [0.717, 1.165) is 0 Å². The molecule has 1 aromatic carbocycles. The summed E-state index contributed by atoms with van der Waals surface area (Å²) in [5.41, 5.74) is 0.593. The van der Waals surface area contributed by atoms with Crippen molar-refractivity contribution in [3.8, 4) is 11.5 Å². The first-order valence-electron chi connectivity index (χ1n) is 9.14. The molecule has 1 heterocycles. The molecule has 0 aromatic heterocycles. The minimum absolute atomic E-state index is 0.0128. The topological polar surface area (TPSA) is 27.7 Å². The Hall–Kier alpha value is -2.73. The first-order valence-corrected chi connectivity index (χ1v) is 9.14. The summed E-state index contributed by atoms with van der Waals surface area (Å²) in [6.07, 6.45) is 2.54. The molecule has 0 radical (unpaired) electrons. The van der Waals surface area contributed by atoms with Crippen LogP contribution in [0.5, 0.6) is 11.5 Å². The maximum Gasteiger partial charge on any atom is 0.205 e. The Balaban J connectivity index is 2.30. The van der Waals surface area contributed by atoms with Gasteiger partial charge in [-0.05, 0) is 24.5 Å². The summed E-state index contributed by atoms with van der Waals surface area (Å²) in [5.74, 6) is -4.15. The van der Waals surface area contributed by atoms with E-state index in [1.165, 1.54) is 12.1 Å². The van der Waals surface area contributed by atoms with Gasteiger partial charge in [0.1, 0.15) is 6.61 Å². The van der Waals surface area contributed by atoms with E-state index in [4.69, 9.17) is 14.2 Å². The summed E-state index contributed by atoms with van der Waals surface area (Å²) in [6.45, 7) is 18.5. The molecule has 0 N–H and O–H groups in total. The average molecular weight is 406 g/mol. The predicted molar refractivity (Wildman–Crippen MR) is 108 cm³/mol. The van der Waals surface area contributed by atoms with Crippen LogP contribution in [0.4, 0.5) is 13.2 Å². The first kappa shape index (κ1) is 22.6. The van der Waals surface area contributed by atoms with Crippen LogP contribution < -0.4 is 9.47 Å². The van der Waals surface area contributed by atoms with Crippen LogP contribution in [0.3, 0.4) is 0 Å². The normalized spacial score (nSPS) is 16.9. The van der Waals surface area contributed by atoms with Crippen LogP contribution in [-0.4, -0.2) is 19.3 Å². The smallest absolute Gasteiger partial charge is 0.205 e. The van der Waals surface area contributed by atoms with Crippen LogP contribution in [0, 0.1) is 17.6 Å². The molecule has 0 bridgehead atoms. The third-order valence-electron chi connectivity index (χ3n) is 4.47. The number of hydrogen-bond donors (Lipinski definition) is 0. The monoisotopic (exact) mass is 406 g/mol. The Labute approximate surface area is 169 Å². The van der Waals surface area contributed by atoms with Gasteiger partial charge in [0.15, 0.2) is 23.1 Å². The molecular formula is C23H25F3O3. The van der Waals surface area contributed by atoms with E-state index < -0.39 is 29.3 Å². The Morgan fingerprint density at radius 3 is 2.59 bits per heavy atom. The molecule has 6 heteroatoms. The molecule has 0 saturated carbocycles. The van der Waals surface area contributed by atoms with Gasteiger partial charge in [-0.3, -0.25) is 0 Å². The number of allylic oxidation sites excluding steroid dienone is 1. The van der Waals surface area contributed by atoms with E-state index >= 15 is 4.39 Å². The third-order valence-corrected chi connectivity index (χ3v) is 4.47. The second kappa shape index (κ2) is 9.65. The molecule has 1 aliphatic heterocycles. The van der Waals surface area contributed by atoms with Gasteiger partial charge in [0.2, 0.25) is 11.6 Å². The van der Waals surface area contributed by atoms with Gasteiger partial charge in [-0.1, -0.05) is 38.8 Å². The van der Waals surface area contributed by atoms with Crippen LogP contribution in [0.25, 0.3) is 0 Å². The lowest BCUT2D eigenvalue weighted by molar-refractivity contribution is 0.0747. The summed E-state index contributed by atoms with van der Waals surface area (Å²) in [4.78, 5) is 0. The van der Waals surface area contributed by atoms with Crippen LogP contribution >= 0.6 is 0 Å². The van der Waals surface area contributed by atoms with Gasteiger partial charge in [0, 0.05) is 17.6 Å². The fraction of sp³-hybridized carbons (Fsp3) is 0.304. The maximum absolute atomic E-state index is 15.0. The van der Waals surface area contributed by atoms with E-state index in [0.29, 0.717) is 12.2 Å². The van der Waals surface area contributed by atoms with Crippen LogP contribution in [0.15, 0.2) is 67.3 Å². The predicted octanol–water partition coefficient (Wildman–Crippen LogP) is 5.99. The Bertz CT molecular complexity index is 871. The number of ether oxygens (including phenoxy) is 3. The molecule has 156 valence electrons. The quantitative estimate of drug-likeness (QED) is 0.472. The van der Waals surface area contributed by atoms with Crippen molar-refractivity contribution < 1.29 is 27.4 Å². The molecular weight excluding hydrogens is 381 g/mol. The first-order chi connectivity index (χ1) is 13.7. The van der Waals surface area contributed by atoms with Crippen molar-refractivity contribution in [1.29, 1.82) is 0 Å². The molecule has 1 aromatic rings. The highest BCUT2D eigenvalue weighted by molar-refractivity contribution is 5.53.